The Morgan fingerprint density at radius 1 is 1.12 bits per heavy atom. The van der Waals surface area contributed by atoms with Gasteiger partial charge in [0, 0.05) is 19.1 Å². The first-order valence-electron chi connectivity index (χ1n) is 10.7. The molecule has 32 heavy (non-hydrogen) atoms. The summed E-state index contributed by atoms with van der Waals surface area (Å²) in [6, 6.07) is 12.3. The fourth-order valence-electron chi connectivity index (χ4n) is 4.05. The summed E-state index contributed by atoms with van der Waals surface area (Å²) in [4.78, 5) is 21.0. The van der Waals surface area contributed by atoms with Gasteiger partial charge in [-0.1, -0.05) is 12.1 Å². The molecule has 1 unspecified atom stereocenters. The number of rotatable bonds is 7. The Hall–Kier alpha value is -3.39. The van der Waals surface area contributed by atoms with Crippen molar-refractivity contribution in [3.8, 4) is 17.2 Å². The molecule has 1 aliphatic heterocycles. The molecule has 0 spiro atoms. The van der Waals surface area contributed by atoms with Crippen molar-refractivity contribution in [1.29, 1.82) is 0 Å². The van der Waals surface area contributed by atoms with Crippen LogP contribution in [0.2, 0.25) is 0 Å². The number of nitrogens with zero attached hydrogens (tertiary/aromatic N) is 5. The molecule has 0 saturated heterocycles. The maximum absolute atomic E-state index is 13.1. The van der Waals surface area contributed by atoms with E-state index in [1.165, 1.54) is 11.9 Å². The van der Waals surface area contributed by atoms with Crippen molar-refractivity contribution in [3.63, 3.8) is 0 Å². The van der Waals surface area contributed by atoms with E-state index in [-0.39, 0.29) is 11.9 Å². The smallest absolute Gasteiger partial charge is 0.237 e. The first-order valence-corrected chi connectivity index (χ1v) is 10.7. The van der Waals surface area contributed by atoms with Crippen LogP contribution in [0.3, 0.4) is 0 Å². The minimum absolute atomic E-state index is 0.102. The molecule has 2 aromatic carbocycles. The number of fused-ring (bicyclic) bond motifs is 1. The quantitative estimate of drug-likeness (QED) is 0.568. The molecular weight excluding hydrogens is 406 g/mol. The molecule has 0 saturated carbocycles. The van der Waals surface area contributed by atoms with Crippen molar-refractivity contribution in [3.05, 3.63) is 65.7 Å². The van der Waals surface area contributed by atoms with Gasteiger partial charge in [-0.25, -0.2) is 9.67 Å². The zero-order valence-corrected chi connectivity index (χ0v) is 19.0. The Kier molecular flexibility index (Phi) is 6.41. The van der Waals surface area contributed by atoms with E-state index in [1.807, 2.05) is 36.2 Å². The van der Waals surface area contributed by atoms with Crippen LogP contribution in [-0.4, -0.2) is 64.8 Å². The molecule has 8 nitrogen and oxygen atoms in total. The lowest BCUT2D eigenvalue weighted by Crippen LogP contribution is -2.42. The van der Waals surface area contributed by atoms with Gasteiger partial charge < -0.3 is 14.4 Å². The van der Waals surface area contributed by atoms with Gasteiger partial charge in [-0.2, -0.15) is 5.10 Å². The summed E-state index contributed by atoms with van der Waals surface area (Å²) < 4.78 is 12.6. The number of hydrogen-bond acceptors (Lipinski definition) is 6. The van der Waals surface area contributed by atoms with E-state index in [9.17, 15) is 4.79 Å². The Labute approximate surface area is 188 Å². The average Bonchev–Trinajstić information content (AvgIpc) is 3.37. The van der Waals surface area contributed by atoms with E-state index in [1.54, 1.807) is 25.2 Å². The molecule has 1 amide bonds. The number of ether oxygens (including phenoxy) is 2. The predicted molar refractivity (Wildman–Crippen MR) is 121 cm³/mol. The third-order valence-corrected chi connectivity index (χ3v) is 6.18. The summed E-state index contributed by atoms with van der Waals surface area (Å²) >= 11 is 0. The predicted octanol–water partition coefficient (Wildman–Crippen LogP) is 2.86. The maximum Gasteiger partial charge on any atom is 0.237 e. The van der Waals surface area contributed by atoms with Crippen LogP contribution in [0.5, 0.6) is 11.5 Å². The lowest BCUT2D eigenvalue weighted by atomic mass is 9.98. The fraction of sp³-hybridized carbons (Fsp3) is 0.375. The van der Waals surface area contributed by atoms with Gasteiger partial charge in [0.15, 0.2) is 11.5 Å². The van der Waals surface area contributed by atoms with Gasteiger partial charge in [0.05, 0.1) is 26.5 Å². The van der Waals surface area contributed by atoms with E-state index in [0.29, 0.717) is 25.4 Å². The molecule has 0 fully saturated rings. The average molecular weight is 436 g/mol. The summed E-state index contributed by atoms with van der Waals surface area (Å²) in [5, 5.41) is 4.15. The standard InChI is InChI=1S/C24H29N5O3/c1-17(18-5-7-21(8-6-18)29-16-25-15-26-29)27(2)14-24(30)28-10-9-19-11-22(31-3)23(32-4)12-20(19)13-28/h5-8,11-12,15-17H,9-10,13-14H2,1-4H3. The van der Waals surface area contributed by atoms with Gasteiger partial charge in [0.2, 0.25) is 5.91 Å². The van der Waals surface area contributed by atoms with Crippen LogP contribution in [0.4, 0.5) is 0 Å². The highest BCUT2D eigenvalue weighted by molar-refractivity contribution is 5.78. The highest BCUT2D eigenvalue weighted by atomic mass is 16.5. The highest BCUT2D eigenvalue weighted by Crippen LogP contribution is 2.33. The van der Waals surface area contributed by atoms with E-state index >= 15 is 0 Å². The highest BCUT2D eigenvalue weighted by Gasteiger charge is 2.25. The lowest BCUT2D eigenvalue weighted by Gasteiger charge is -2.32. The number of likely N-dealkylation sites (N-methyl/N-ethyl adjacent to an activating group) is 1. The largest absolute Gasteiger partial charge is 0.493 e. The number of amides is 1. The Morgan fingerprint density at radius 3 is 2.44 bits per heavy atom. The first kappa shape index (κ1) is 21.8. The molecule has 1 atom stereocenters. The maximum atomic E-state index is 13.1. The van der Waals surface area contributed by atoms with E-state index in [0.717, 1.165) is 29.0 Å². The minimum atomic E-state index is 0.102. The second-order valence-electron chi connectivity index (χ2n) is 8.06. The molecule has 0 bridgehead atoms. The number of aromatic nitrogens is 3. The fourth-order valence-corrected chi connectivity index (χ4v) is 4.05. The zero-order chi connectivity index (χ0) is 22.7. The summed E-state index contributed by atoms with van der Waals surface area (Å²) in [5.74, 6) is 1.55. The summed E-state index contributed by atoms with van der Waals surface area (Å²) in [7, 11) is 5.26. The SMILES string of the molecule is COc1cc2c(cc1OC)CN(C(=O)CN(C)C(C)c1ccc(-n3cncn3)cc1)CC2. The van der Waals surface area contributed by atoms with Gasteiger partial charge in [-0.05, 0) is 61.3 Å². The minimum Gasteiger partial charge on any atom is -0.493 e. The van der Waals surface area contributed by atoms with Crippen LogP contribution in [0, 0.1) is 0 Å². The number of carbonyl (C=O) groups is 1. The van der Waals surface area contributed by atoms with E-state index in [2.05, 4.69) is 34.0 Å². The van der Waals surface area contributed by atoms with Crippen molar-refractivity contribution in [1.82, 2.24) is 24.6 Å². The normalized spacial score (nSPS) is 14.2. The van der Waals surface area contributed by atoms with Crippen LogP contribution < -0.4 is 9.47 Å². The van der Waals surface area contributed by atoms with Crippen LogP contribution in [0.25, 0.3) is 5.69 Å². The van der Waals surface area contributed by atoms with Crippen LogP contribution in [0.1, 0.15) is 29.7 Å². The second kappa shape index (κ2) is 9.40. The first-order chi connectivity index (χ1) is 15.5. The third-order valence-electron chi connectivity index (χ3n) is 6.18. The van der Waals surface area contributed by atoms with Crippen molar-refractivity contribution < 1.29 is 14.3 Å². The molecule has 1 aromatic heterocycles. The summed E-state index contributed by atoms with van der Waals surface area (Å²) in [6.07, 6.45) is 4.00. The number of methoxy groups -OCH3 is 2. The van der Waals surface area contributed by atoms with Gasteiger partial charge in [0.1, 0.15) is 12.7 Å². The Morgan fingerprint density at radius 2 is 1.81 bits per heavy atom. The number of benzene rings is 2. The molecule has 0 N–H and O–H groups in total. The number of hydrogen-bond donors (Lipinski definition) is 0. The molecule has 2 heterocycles. The number of carbonyl (C=O) groups excluding carboxylic acids is 1. The molecule has 1 aliphatic rings. The zero-order valence-electron chi connectivity index (χ0n) is 19.0. The second-order valence-corrected chi connectivity index (χ2v) is 8.06. The van der Waals surface area contributed by atoms with Crippen molar-refractivity contribution >= 4 is 5.91 Å². The molecule has 168 valence electrons. The monoisotopic (exact) mass is 435 g/mol. The van der Waals surface area contributed by atoms with Crippen LogP contribution >= 0.6 is 0 Å². The molecule has 0 aliphatic carbocycles. The van der Waals surface area contributed by atoms with Gasteiger partial charge in [-0.3, -0.25) is 9.69 Å². The Balaban J connectivity index is 1.39. The molecular formula is C24H29N5O3. The lowest BCUT2D eigenvalue weighted by molar-refractivity contribution is -0.133. The molecule has 8 heteroatoms. The summed E-state index contributed by atoms with van der Waals surface area (Å²) in [5.41, 5.74) is 4.42. The van der Waals surface area contributed by atoms with E-state index in [4.69, 9.17) is 9.47 Å². The van der Waals surface area contributed by atoms with Crippen molar-refractivity contribution in [2.24, 2.45) is 0 Å². The van der Waals surface area contributed by atoms with Gasteiger partial charge in [0.25, 0.3) is 0 Å². The van der Waals surface area contributed by atoms with Crippen molar-refractivity contribution in [2.75, 3.05) is 34.4 Å². The molecule has 0 radical (unpaired) electrons. The van der Waals surface area contributed by atoms with Crippen LogP contribution in [0.15, 0.2) is 49.1 Å². The molecule has 3 aromatic rings. The van der Waals surface area contributed by atoms with Crippen LogP contribution in [-0.2, 0) is 17.8 Å². The molecule has 4 rings (SSSR count). The van der Waals surface area contributed by atoms with E-state index < -0.39 is 0 Å². The summed E-state index contributed by atoms with van der Waals surface area (Å²) in [6.45, 7) is 3.76. The van der Waals surface area contributed by atoms with Gasteiger partial charge >= 0.3 is 0 Å². The topological polar surface area (TPSA) is 72.7 Å². The van der Waals surface area contributed by atoms with Gasteiger partial charge in [-0.15, -0.1) is 0 Å². The third kappa shape index (κ3) is 4.45. The Bertz CT molecular complexity index is 1070. The van der Waals surface area contributed by atoms with Crippen molar-refractivity contribution in [2.45, 2.75) is 25.9 Å².